The topological polar surface area (TPSA) is 123 Å². The average molecular weight is 328 g/mol. The third-order valence-corrected chi connectivity index (χ3v) is 2.83. The first-order valence-electron chi connectivity index (χ1n) is 6.07. The van der Waals surface area contributed by atoms with Crippen molar-refractivity contribution in [1.82, 2.24) is 10.4 Å². The Balaban J connectivity index is 2.45. The highest BCUT2D eigenvalue weighted by molar-refractivity contribution is 5.95. The summed E-state index contributed by atoms with van der Waals surface area (Å²) < 4.78 is 40.3. The summed E-state index contributed by atoms with van der Waals surface area (Å²) in [4.78, 5) is 14.9. The summed E-state index contributed by atoms with van der Waals surface area (Å²) in [6, 6.07) is 5.06. The van der Waals surface area contributed by atoms with Crippen LogP contribution in [0, 0.1) is 0 Å². The first kappa shape index (κ1) is 16.4. The van der Waals surface area contributed by atoms with E-state index in [1.165, 1.54) is 18.3 Å². The number of nitrogens with two attached hydrogens (primary N) is 2. The Morgan fingerprint density at radius 3 is 2.52 bits per heavy atom. The highest BCUT2D eigenvalue weighted by Crippen LogP contribution is 2.27. The predicted molar refractivity (Wildman–Crippen MR) is 74.5 cm³/mol. The zero-order chi connectivity index (χ0) is 17.2. The number of alkyl halides is 3. The molecule has 1 aromatic heterocycles. The van der Waals surface area contributed by atoms with Crippen LogP contribution >= 0.6 is 0 Å². The van der Waals surface area contributed by atoms with Crippen LogP contribution in [0.4, 0.5) is 13.2 Å². The number of aliphatic carboxylic acids is 1. The van der Waals surface area contributed by atoms with E-state index in [0.717, 1.165) is 12.1 Å². The second-order valence-electron chi connectivity index (χ2n) is 4.36. The van der Waals surface area contributed by atoms with Crippen molar-refractivity contribution in [3.63, 3.8) is 0 Å². The standard InChI is InChI=1S/C13H11F3N4O3/c14-13(15,16)23-8-2-1-6-4-9(19-5-7(6)3-8)10(17)11(20-18)12(21)22/h1-5,20H,17-18H2,(H,21,22)/b11-10-. The van der Waals surface area contributed by atoms with Crippen LogP contribution in [0.5, 0.6) is 5.75 Å². The number of hydrazine groups is 1. The normalized spacial score (nSPS) is 12.7. The van der Waals surface area contributed by atoms with Crippen molar-refractivity contribution < 1.29 is 27.8 Å². The van der Waals surface area contributed by atoms with E-state index in [1.54, 1.807) is 0 Å². The molecule has 0 bridgehead atoms. The minimum Gasteiger partial charge on any atom is -0.476 e. The lowest BCUT2D eigenvalue weighted by molar-refractivity contribution is -0.274. The maximum absolute atomic E-state index is 12.2. The number of hydrogen-bond donors (Lipinski definition) is 4. The van der Waals surface area contributed by atoms with E-state index in [4.69, 9.17) is 16.7 Å². The van der Waals surface area contributed by atoms with E-state index in [-0.39, 0.29) is 11.4 Å². The van der Waals surface area contributed by atoms with E-state index < -0.39 is 23.8 Å². The van der Waals surface area contributed by atoms with Crippen LogP contribution in [0.3, 0.4) is 0 Å². The van der Waals surface area contributed by atoms with Crippen molar-refractivity contribution in [2.45, 2.75) is 6.36 Å². The van der Waals surface area contributed by atoms with Crippen molar-refractivity contribution in [3.8, 4) is 5.75 Å². The van der Waals surface area contributed by atoms with Crippen LogP contribution in [0.25, 0.3) is 16.5 Å². The number of fused-ring (bicyclic) bond motifs is 1. The number of carboxylic acids is 1. The molecule has 0 saturated carbocycles. The molecule has 0 amide bonds. The number of carbonyl (C=O) groups is 1. The molecule has 0 fully saturated rings. The van der Waals surface area contributed by atoms with E-state index in [0.29, 0.717) is 10.8 Å². The van der Waals surface area contributed by atoms with Gasteiger partial charge in [-0.1, -0.05) is 6.07 Å². The fraction of sp³-hybridized carbons (Fsp3) is 0.0769. The van der Waals surface area contributed by atoms with E-state index in [1.807, 2.05) is 5.43 Å². The first-order chi connectivity index (χ1) is 10.7. The minimum absolute atomic E-state index is 0.109. The van der Waals surface area contributed by atoms with Crippen LogP contribution in [-0.2, 0) is 4.79 Å². The fourth-order valence-corrected chi connectivity index (χ4v) is 1.85. The lowest BCUT2D eigenvalue weighted by Gasteiger charge is -2.10. The summed E-state index contributed by atoms with van der Waals surface area (Å²) in [6.45, 7) is 0. The molecule has 0 spiro atoms. The van der Waals surface area contributed by atoms with Gasteiger partial charge < -0.3 is 21.0 Å². The van der Waals surface area contributed by atoms with Crippen LogP contribution in [0.1, 0.15) is 5.69 Å². The Bertz CT molecular complexity index is 790. The van der Waals surface area contributed by atoms with Gasteiger partial charge in [0.15, 0.2) is 5.70 Å². The van der Waals surface area contributed by atoms with Gasteiger partial charge in [-0.05, 0) is 23.6 Å². The Kier molecular flexibility index (Phi) is 4.27. The van der Waals surface area contributed by atoms with Gasteiger partial charge in [-0.3, -0.25) is 10.8 Å². The van der Waals surface area contributed by atoms with E-state index in [9.17, 15) is 18.0 Å². The molecule has 0 aliphatic rings. The summed E-state index contributed by atoms with van der Waals surface area (Å²) in [5.41, 5.74) is 7.08. The average Bonchev–Trinajstić information content (AvgIpc) is 2.45. The summed E-state index contributed by atoms with van der Waals surface area (Å²) in [5.74, 6) is 3.32. The molecule has 0 atom stereocenters. The number of carboxylic acid groups (broad SMARTS) is 1. The highest BCUT2D eigenvalue weighted by atomic mass is 19.4. The maximum Gasteiger partial charge on any atom is 0.573 e. The summed E-state index contributed by atoms with van der Waals surface area (Å²) >= 11 is 0. The molecule has 0 aliphatic carbocycles. The third kappa shape index (κ3) is 3.80. The highest BCUT2D eigenvalue weighted by Gasteiger charge is 2.31. The molecule has 122 valence electrons. The van der Waals surface area contributed by atoms with Gasteiger partial charge in [0.25, 0.3) is 0 Å². The molecule has 23 heavy (non-hydrogen) atoms. The van der Waals surface area contributed by atoms with Gasteiger partial charge in [0, 0.05) is 11.6 Å². The molecule has 2 aromatic rings. The molecule has 2 rings (SSSR count). The van der Waals surface area contributed by atoms with E-state index in [2.05, 4.69) is 9.72 Å². The summed E-state index contributed by atoms with van der Waals surface area (Å²) in [5, 5.41) is 9.79. The SMILES string of the molecule is NN/C(C(=O)O)=C(\N)c1cc2ccc(OC(F)(F)F)cc2cn1. The minimum atomic E-state index is -4.79. The molecule has 10 heteroatoms. The fourth-order valence-electron chi connectivity index (χ4n) is 1.85. The third-order valence-electron chi connectivity index (χ3n) is 2.83. The first-order valence-corrected chi connectivity index (χ1v) is 6.07. The van der Waals surface area contributed by atoms with Gasteiger partial charge in [-0.15, -0.1) is 13.2 Å². The Morgan fingerprint density at radius 1 is 1.26 bits per heavy atom. The molecular formula is C13H11F3N4O3. The molecule has 6 N–H and O–H groups in total. The van der Waals surface area contributed by atoms with Gasteiger partial charge in [-0.2, -0.15) is 0 Å². The maximum atomic E-state index is 12.2. The van der Waals surface area contributed by atoms with Gasteiger partial charge >= 0.3 is 12.3 Å². The Hall–Kier alpha value is -3.01. The number of aromatic nitrogens is 1. The number of nitrogens with one attached hydrogen (secondary N) is 1. The molecule has 0 aliphatic heterocycles. The Labute approximate surface area is 127 Å². The van der Waals surface area contributed by atoms with Gasteiger partial charge in [0.2, 0.25) is 0 Å². The molecule has 0 radical (unpaired) electrons. The number of rotatable bonds is 4. The lowest BCUT2D eigenvalue weighted by Crippen LogP contribution is -2.29. The molecule has 7 nitrogen and oxygen atoms in total. The van der Waals surface area contributed by atoms with Crippen LogP contribution in [0.2, 0.25) is 0 Å². The quantitative estimate of drug-likeness (QED) is 0.379. The number of benzene rings is 1. The van der Waals surface area contributed by atoms with Crippen molar-refractivity contribution in [2.75, 3.05) is 0 Å². The lowest BCUT2D eigenvalue weighted by atomic mass is 10.1. The second-order valence-corrected chi connectivity index (χ2v) is 4.36. The largest absolute Gasteiger partial charge is 0.573 e. The van der Waals surface area contributed by atoms with Gasteiger partial charge in [0.1, 0.15) is 5.75 Å². The predicted octanol–water partition coefficient (Wildman–Crippen LogP) is 1.31. The zero-order valence-electron chi connectivity index (χ0n) is 11.4. The van der Waals surface area contributed by atoms with E-state index >= 15 is 0 Å². The number of pyridine rings is 1. The van der Waals surface area contributed by atoms with Crippen molar-refractivity contribution in [2.24, 2.45) is 11.6 Å². The van der Waals surface area contributed by atoms with Crippen LogP contribution < -0.4 is 21.7 Å². The molecule has 0 unspecified atom stereocenters. The van der Waals surface area contributed by atoms with Crippen LogP contribution in [0.15, 0.2) is 36.2 Å². The monoisotopic (exact) mass is 328 g/mol. The Morgan fingerprint density at radius 2 is 1.96 bits per heavy atom. The zero-order valence-corrected chi connectivity index (χ0v) is 11.4. The molecule has 1 aromatic carbocycles. The second kappa shape index (κ2) is 6.01. The van der Waals surface area contributed by atoms with Crippen molar-refractivity contribution in [1.29, 1.82) is 0 Å². The van der Waals surface area contributed by atoms with Crippen molar-refractivity contribution in [3.05, 3.63) is 41.9 Å². The molecule has 1 heterocycles. The number of hydrogen-bond acceptors (Lipinski definition) is 6. The number of halogens is 3. The van der Waals surface area contributed by atoms with Crippen LogP contribution in [-0.4, -0.2) is 22.4 Å². The summed E-state index contributed by atoms with van der Waals surface area (Å²) in [6.07, 6.45) is -3.55. The summed E-state index contributed by atoms with van der Waals surface area (Å²) in [7, 11) is 0. The smallest absolute Gasteiger partial charge is 0.476 e. The van der Waals surface area contributed by atoms with Gasteiger partial charge in [0.05, 0.1) is 11.4 Å². The van der Waals surface area contributed by atoms with Crippen molar-refractivity contribution >= 4 is 22.4 Å². The molecule has 0 saturated heterocycles. The molecular weight excluding hydrogens is 317 g/mol. The number of nitrogens with zero attached hydrogens (tertiary/aromatic N) is 1. The number of ether oxygens (including phenoxy) is 1. The van der Waals surface area contributed by atoms with Gasteiger partial charge in [-0.25, -0.2) is 4.79 Å².